The average Bonchev–Trinajstić information content (AvgIpc) is 2.71. The number of rotatable bonds is 4. The summed E-state index contributed by atoms with van der Waals surface area (Å²) in [5.74, 6) is 0.560. The molecule has 1 fully saturated rings. The lowest BCUT2D eigenvalue weighted by Crippen LogP contribution is -2.32. The van der Waals surface area contributed by atoms with Crippen LogP contribution in [-0.2, 0) is 11.3 Å². The summed E-state index contributed by atoms with van der Waals surface area (Å²) in [5, 5.41) is 11.6. The van der Waals surface area contributed by atoms with Crippen molar-refractivity contribution >= 4 is 22.8 Å². The zero-order valence-electron chi connectivity index (χ0n) is 14.8. The largest absolute Gasteiger partial charge is 0.294 e. The molecule has 0 unspecified atom stereocenters. The normalized spacial score (nSPS) is 19.7. The zero-order chi connectivity index (χ0) is 18.6. The first kappa shape index (κ1) is 17.3. The highest BCUT2D eigenvalue weighted by atomic mass is 16.2. The maximum absolute atomic E-state index is 12.6. The monoisotopic (exact) mass is 364 g/mol. The van der Waals surface area contributed by atoms with E-state index >= 15 is 0 Å². The number of fused-ring (bicyclic) bond motifs is 1. The summed E-state index contributed by atoms with van der Waals surface area (Å²) in [7, 11) is 0. The van der Waals surface area contributed by atoms with Gasteiger partial charge >= 0.3 is 0 Å². The molecular weight excluding hydrogens is 344 g/mol. The lowest BCUT2D eigenvalue weighted by Gasteiger charge is -2.27. The number of aromatic nitrogens is 5. The van der Waals surface area contributed by atoms with Crippen LogP contribution in [0.1, 0.15) is 25.7 Å². The fourth-order valence-corrected chi connectivity index (χ4v) is 3.57. The van der Waals surface area contributed by atoms with Gasteiger partial charge in [-0.05, 0) is 49.8 Å². The molecule has 1 N–H and O–H groups in total. The van der Waals surface area contributed by atoms with Crippen LogP contribution in [-0.4, -0.2) is 30.9 Å². The fraction of sp³-hybridized carbons (Fsp3) is 0.368. The van der Waals surface area contributed by atoms with Crippen LogP contribution in [0.25, 0.3) is 10.9 Å². The van der Waals surface area contributed by atoms with Crippen molar-refractivity contribution in [3.05, 3.63) is 53.1 Å². The minimum Gasteiger partial charge on any atom is -0.294 e. The van der Waals surface area contributed by atoms with Crippen molar-refractivity contribution in [1.82, 2.24) is 25.0 Å². The van der Waals surface area contributed by atoms with Crippen LogP contribution >= 0.6 is 0 Å². The van der Waals surface area contributed by atoms with Crippen LogP contribution in [0, 0.1) is 11.8 Å². The zero-order valence-corrected chi connectivity index (χ0v) is 14.8. The summed E-state index contributed by atoms with van der Waals surface area (Å²) in [5.41, 5.74) is 0.504. The molecule has 8 heteroatoms. The Morgan fingerprint density at radius 1 is 1.07 bits per heavy atom. The molecule has 0 bridgehead atoms. The van der Waals surface area contributed by atoms with Crippen molar-refractivity contribution in [2.24, 2.45) is 11.8 Å². The van der Waals surface area contributed by atoms with Gasteiger partial charge in [0.2, 0.25) is 11.9 Å². The molecule has 1 aliphatic carbocycles. The molecule has 0 saturated heterocycles. The van der Waals surface area contributed by atoms with Crippen LogP contribution in [0.2, 0.25) is 0 Å². The number of anilines is 1. The Morgan fingerprint density at radius 3 is 2.59 bits per heavy atom. The predicted molar refractivity (Wildman–Crippen MR) is 99.9 cm³/mol. The minimum absolute atomic E-state index is 0.0395. The lowest BCUT2D eigenvalue weighted by molar-refractivity contribution is -0.121. The van der Waals surface area contributed by atoms with Crippen molar-refractivity contribution in [1.29, 1.82) is 0 Å². The second-order valence-electron chi connectivity index (χ2n) is 6.87. The van der Waals surface area contributed by atoms with Crippen molar-refractivity contribution in [3.63, 3.8) is 0 Å². The molecule has 0 aliphatic heterocycles. The summed E-state index contributed by atoms with van der Waals surface area (Å²) in [4.78, 5) is 33.0. The maximum Gasteiger partial charge on any atom is 0.277 e. The molecule has 4 rings (SSSR count). The number of hydrogen-bond acceptors (Lipinski definition) is 6. The molecule has 138 valence electrons. The van der Waals surface area contributed by atoms with E-state index in [0.29, 0.717) is 29.3 Å². The number of carbonyl (C=O) groups excluding carboxylic acids is 1. The summed E-state index contributed by atoms with van der Waals surface area (Å²) >= 11 is 0. The Balaban J connectivity index is 1.36. The third kappa shape index (κ3) is 3.84. The Bertz CT molecular complexity index is 996. The van der Waals surface area contributed by atoms with E-state index in [9.17, 15) is 9.59 Å². The molecule has 8 nitrogen and oxygen atoms in total. The van der Waals surface area contributed by atoms with Gasteiger partial charge in [-0.15, -0.1) is 5.10 Å². The second-order valence-corrected chi connectivity index (χ2v) is 6.87. The number of nitrogens with zero attached hydrogens (tertiary/aromatic N) is 5. The average molecular weight is 364 g/mol. The van der Waals surface area contributed by atoms with Crippen LogP contribution in [0.15, 0.2) is 47.5 Å². The molecule has 1 aliphatic rings. The number of nitrogens with one attached hydrogen (secondary N) is 1. The van der Waals surface area contributed by atoms with Crippen molar-refractivity contribution in [2.75, 3.05) is 5.32 Å². The Hall–Kier alpha value is -3.16. The van der Waals surface area contributed by atoms with E-state index in [0.717, 1.165) is 25.7 Å². The molecule has 2 aromatic heterocycles. The Kier molecular flexibility index (Phi) is 4.86. The Morgan fingerprint density at radius 2 is 1.81 bits per heavy atom. The third-order valence-electron chi connectivity index (χ3n) is 5.08. The fourth-order valence-electron chi connectivity index (χ4n) is 3.57. The quantitative estimate of drug-likeness (QED) is 0.760. The van der Waals surface area contributed by atoms with Crippen molar-refractivity contribution in [3.8, 4) is 0 Å². The first-order chi connectivity index (χ1) is 13.2. The van der Waals surface area contributed by atoms with E-state index in [1.807, 2.05) is 12.1 Å². The van der Waals surface area contributed by atoms with Crippen LogP contribution in [0.4, 0.5) is 5.95 Å². The van der Waals surface area contributed by atoms with Gasteiger partial charge in [0.25, 0.3) is 5.56 Å². The van der Waals surface area contributed by atoms with Crippen LogP contribution < -0.4 is 10.9 Å². The molecular formula is C19H20N6O2. The summed E-state index contributed by atoms with van der Waals surface area (Å²) in [6.45, 7) is 0.535. The highest BCUT2D eigenvalue weighted by Crippen LogP contribution is 2.30. The number of hydrogen-bond donors (Lipinski definition) is 1. The molecule has 1 saturated carbocycles. The van der Waals surface area contributed by atoms with Gasteiger partial charge in [-0.3, -0.25) is 14.9 Å². The Labute approximate surface area is 155 Å². The van der Waals surface area contributed by atoms with E-state index in [4.69, 9.17) is 0 Å². The minimum atomic E-state index is -0.110. The van der Waals surface area contributed by atoms with Crippen LogP contribution in [0.5, 0.6) is 0 Å². The molecule has 3 aromatic rings. The number of benzene rings is 1. The summed E-state index contributed by atoms with van der Waals surface area (Å²) < 4.78 is 1.45. The molecule has 0 atom stereocenters. The molecule has 1 aromatic carbocycles. The lowest BCUT2D eigenvalue weighted by atomic mass is 9.81. The predicted octanol–water partition coefficient (Wildman–Crippen LogP) is 2.03. The summed E-state index contributed by atoms with van der Waals surface area (Å²) in [6.07, 6.45) is 6.49. The summed E-state index contributed by atoms with van der Waals surface area (Å²) in [6, 6.07) is 8.94. The SMILES string of the molecule is O=C(Nc1ncccn1)C1CCC(Cn2nnc3ccccc3c2=O)CC1. The smallest absolute Gasteiger partial charge is 0.277 e. The van der Waals surface area contributed by atoms with E-state index in [1.54, 1.807) is 30.6 Å². The molecule has 0 spiro atoms. The van der Waals surface area contributed by atoms with Gasteiger partial charge in [0, 0.05) is 24.9 Å². The second kappa shape index (κ2) is 7.61. The van der Waals surface area contributed by atoms with Gasteiger partial charge in [-0.1, -0.05) is 17.3 Å². The van der Waals surface area contributed by atoms with Gasteiger partial charge in [-0.2, -0.15) is 0 Å². The molecule has 0 radical (unpaired) electrons. The highest BCUT2D eigenvalue weighted by Gasteiger charge is 2.27. The van der Waals surface area contributed by atoms with Gasteiger partial charge in [0.05, 0.1) is 5.39 Å². The van der Waals surface area contributed by atoms with E-state index in [-0.39, 0.29) is 17.4 Å². The molecule has 2 heterocycles. The van der Waals surface area contributed by atoms with E-state index in [2.05, 4.69) is 25.6 Å². The first-order valence-electron chi connectivity index (χ1n) is 9.11. The van der Waals surface area contributed by atoms with Crippen LogP contribution in [0.3, 0.4) is 0 Å². The standard InChI is InChI=1S/C19H20N6O2/c26-17(22-19-20-10-3-11-21-19)14-8-6-13(7-9-14)12-25-18(27)15-4-1-2-5-16(15)23-24-25/h1-5,10-11,13-14H,6-9,12H2,(H,20,21,22,26). The van der Waals surface area contributed by atoms with Gasteiger partial charge in [0.15, 0.2) is 0 Å². The van der Waals surface area contributed by atoms with Crippen molar-refractivity contribution < 1.29 is 4.79 Å². The van der Waals surface area contributed by atoms with Crippen molar-refractivity contribution in [2.45, 2.75) is 32.2 Å². The van der Waals surface area contributed by atoms with Gasteiger partial charge in [-0.25, -0.2) is 14.6 Å². The number of amides is 1. The third-order valence-corrected chi connectivity index (χ3v) is 5.08. The molecule has 1 amide bonds. The molecule has 27 heavy (non-hydrogen) atoms. The highest BCUT2D eigenvalue weighted by molar-refractivity contribution is 5.90. The van der Waals surface area contributed by atoms with Gasteiger partial charge < -0.3 is 0 Å². The van der Waals surface area contributed by atoms with E-state index < -0.39 is 0 Å². The maximum atomic E-state index is 12.6. The first-order valence-corrected chi connectivity index (χ1v) is 9.11. The van der Waals surface area contributed by atoms with E-state index in [1.165, 1.54) is 4.68 Å². The number of carbonyl (C=O) groups is 1. The van der Waals surface area contributed by atoms with Gasteiger partial charge in [0.1, 0.15) is 5.52 Å². The topological polar surface area (TPSA) is 103 Å².